The first kappa shape index (κ1) is 15.5. The Morgan fingerprint density at radius 2 is 2.19 bits per heavy atom. The van der Waals surface area contributed by atoms with Crippen molar-refractivity contribution in [2.45, 2.75) is 61.7 Å². The third-order valence-corrected chi connectivity index (χ3v) is 7.76. The van der Waals surface area contributed by atoms with Crippen LogP contribution >= 0.6 is 0 Å². The van der Waals surface area contributed by atoms with E-state index in [-0.39, 0.29) is 11.8 Å². The van der Waals surface area contributed by atoms with E-state index in [0.717, 1.165) is 37.4 Å². The largest absolute Gasteiger partial charge is 0.493 e. The van der Waals surface area contributed by atoms with E-state index < -0.39 is 17.1 Å². The van der Waals surface area contributed by atoms with Crippen LogP contribution in [-0.2, 0) is 16.6 Å². The number of nitrogens with zero attached hydrogens (tertiary/aromatic N) is 1. The van der Waals surface area contributed by atoms with Gasteiger partial charge in [0.1, 0.15) is 0 Å². The Hall–Kier alpha value is -1.59. The van der Waals surface area contributed by atoms with Gasteiger partial charge < -0.3 is 14.6 Å². The summed E-state index contributed by atoms with van der Waals surface area (Å²) in [5, 5.41) is 12.1. The number of hydrogen-bond donors (Lipinski definition) is 1. The molecule has 2 heterocycles. The number of aliphatic hydroxyl groups is 1. The number of rotatable bonds is 3. The summed E-state index contributed by atoms with van der Waals surface area (Å²) in [6.07, 6.45) is 4.65. The number of methoxy groups -OCH3 is 1. The van der Waals surface area contributed by atoms with Crippen molar-refractivity contribution in [3.63, 3.8) is 0 Å². The average molecular weight is 355 g/mol. The van der Waals surface area contributed by atoms with Crippen LogP contribution in [0.4, 0.5) is 0 Å². The van der Waals surface area contributed by atoms with Crippen LogP contribution in [0.5, 0.6) is 11.5 Å². The molecule has 0 amide bonds. The van der Waals surface area contributed by atoms with Gasteiger partial charge in [-0.05, 0) is 56.2 Å². The number of ketones is 1. The molecule has 26 heavy (non-hydrogen) atoms. The van der Waals surface area contributed by atoms with Gasteiger partial charge in [-0.25, -0.2) is 0 Å². The number of piperidine rings is 1. The molecule has 1 saturated heterocycles. The minimum atomic E-state index is -0.886. The molecule has 1 unspecified atom stereocenters. The van der Waals surface area contributed by atoms with E-state index in [0.29, 0.717) is 24.3 Å². The Kier molecular flexibility index (Phi) is 2.86. The summed E-state index contributed by atoms with van der Waals surface area (Å²) < 4.78 is 11.8. The number of benzene rings is 1. The Bertz CT molecular complexity index is 818. The highest BCUT2D eigenvalue weighted by molar-refractivity contribution is 5.90. The molecule has 1 aromatic carbocycles. The summed E-state index contributed by atoms with van der Waals surface area (Å²) in [6, 6.07) is 4.16. The molecule has 4 atom stereocenters. The summed E-state index contributed by atoms with van der Waals surface area (Å²) in [6.45, 7) is 2.02. The second-order valence-electron chi connectivity index (χ2n) is 8.90. The fourth-order valence-corrected chi connectivity index (χ4v) is 6.41. The van der Waals surface area contributed by atoms with Crippen LogP contribution in [0.2, 0.25) is 0 Å². The molecular weight excluding hydrogens is 330 g/mol. The van der Waals surface area contributed by atoms with Gasteiger partial charge in [0.05, 0.1) is 18.1 Å². The van der Waals surface area contributed by atoms with E-state index in [1.165, 1.54) is 18.4 Å². The van der Waals surface area contributed by atoms with Crippen LogP contribution in [0.25, 0.3) is 0 Å². The summed E-state index contributed by atoms with van der Waals surface area (Å²) in [7, 11) is 1.64. The minimum absolute atomic E-state index is 0.0860. The lowest BCUT2D eigenvalue weighted by Crippen LogP contribution is -2.76. The molecule has 5 heteroatoms. The Morgan fingerprint density at radius 3 is 2.96 bits per heavy atom. The van der Waals surface area contributed by atoms with Crippen molar-refractivity contribution < 1.29 is 19.4 Å². The van der Waals surface area contributed by atoms with Crippen molar-refractivity contribution in [2.24, 2.45) is 5.92 Å². The molecule has 6 rings (SSSR count). The number of Topliss-reactive ketones (excluding diaryl/α,β-unsaturated/α-hetero) is 1. The Balaban J connectivity index is 1.57. The Morgan fingerprint density at radius 1 is 1.35 bits per heavy atom. The standard InChI is InChI=1S/C21H25NO4/c1-25-15-5-4-13-10-16-21(24)7-6-14(23)19-20(21,17(13)18(15)26-19)8-9-22(16)11-12-2-3-12/h4-5,12,16,19,24H,2-3,6-11H2,1H3/t16-,19-,20+,21?/m1/s1. The molecule has 2 bridgehead atoms. The van der Waals surface area contributed by atoms with E-state index >= 15 is 0 Å². The molecule has 1 N–H and O–H groups in total. The summed E-state index contributed by atoms with van der Waals surface area (Å²) in [5.74, 6) is 2.32. The zero-order valence-corrected chi connectivity index (χ0v) is 15.2. The topological polar surface area (TPSA) is 59.0 Å². The van der Waals surface area contributed by atoms with Crippen molar-refractivity contribution in [2.75, 3.05) is 20.2 Å². The van der Waals surface area contributed by atoms with Crippen LogP contribution in [0.1, 0.15) is 43.2 Å². The van der Waals surface area contributed by atoms with Crippen molar-refractivity contribution in [1.29, 1.82) is 0 Å². The molecule has 5 nitrogen and oxygen atoms in total. The zero-order valence-electron chi connectivity index (χ0n) is 15.2. The summed E-state index contributed by atoms with van der Waals surface area (Å²) in [5.41, 5.74) is 0.821. The maximum absolute atomic E-state index is 12.8. The minimum Gasteiger partial charge on any atom is -0.493 e. The van der Waals surface area contributed by atoms with E-state index in [9.17, 15) is 9.90 Å². The second-order valence-corrected chi connectivity index (χ2v) is 8.90. The maximum atomic E-state index is 12.8. The number of carbonyl (C=O) groups excluding carboxylic acids is 1. The summed E-state index contributed by atoms with van der Waals surface area (Å²) in [4.78, 5) is 15.4. The monoisotopic (exact) mass is 355 g/mol. The van der Waals surface area contributed by atoms with E-state index in [1.807, 2.05) is 6.07 Å². The molecule has 1 spiro atoms. The van der Waals surface area contributed by atoms with Crippen LogP contribution < -0.4 is 9.47 Å². The van der Waals surface area contributed by atoms with Gasteiger partial charge in [0.25, 0.3) is 0 Å². The van der Waals surface area contributed by atoms with Crippen LogP contribution in [-0.4, -0.2) is 53.7 Å². The molecule has 138 valence electrons. The highest BCUT2D eigenvalue weighted by Gasteiger charge is 2.73. The van der Waals surface area contributed by atoms with E-state index in [4.69, 9.17) is 9.47 Å². The third-order valence-electron chi connectivity index (χ3n) is 7.76. The lowest BCUT2D eigenvalue weighted by atomic mass is 9.49. The van der Waals surface area contributed by atoms with E-state index in [2.05, 4.69) is 11.0 Å². The third kappa shape index (κ3) is 1.63. The molecule has 3 fully saturated rings. The molecule has 0 radical (unpaired) electrons. The molecule has 0 aromatic heterocycles. The van der Waals surface area contributed by atoms with Crippen molar-refractivity contribution >= 4 is 5.78 Å². The fourth-order valence-electron chi connectivity index (χ4n) is 6.41. The van der Waals surface area contributed by atoms with Gasteiger partial charge in [0.2, 0.25) is 0 Å². The van der Waals surface area contributed by atoms with Gasteiger partial charge in [0.15, 0.2) is 23.4 Å². The lowest BCUT2D eigenvalue weighted by molar-refractivity contribution is -0.188. The first-order chi connectivity index (χ1) is 12.6. The highest BCUT2D eigenvalue weighted by atomic mass is 16.5. The quantitative estimate of drug-likeness (QED) is 0.896. The highest BCUT2D eigenvalue weighted by Crippen LogP contribution is 2.65. The number of hydrogen-bond acceptors (Lipinski definition) is 5. The first-order valence-electron chi connectivity index (χ1n) is 9.94. The van der Waals surface area contributed by atoms with E-state index in [1.54, 1.807) is 7.11 Å². The number of likely N-dealkylation sites (tertiary alicyclic amines) is 1. The summed E-state index contributed by atoms with van der Waals surface area (Å²) >= 11 is 0. The predicted molar refractivity (Wildman–Crippen MR) is 94.7 cm³/mol. The normalized spacial score (nSPS) is 40.2. The van der Waals surface area contributed by atoms with Crippen LogP contribution in [0.15, 0.2) is 12.1 Å². The molecular formula is C21H25NO4. The van der Waals surface area contributed by atoms with Crippen molar-refractivity contribution in [3.05, 3.63) is 23.3 Å². The van der Waals surface area contributed by atoms with Gasteiger partial charge in [-0.2, -0.15) is 0 Å². The van der Waals surface area contributed by atoms with Gasteiger partial charge in [-0.1, -0.05) is 6.07 Å². The van der Waals surface area contributed by atoms with Crippen LogP contribution in [0, 0.1) is 5.92 Å². The van der Waals surface area contributed by atoms with Crippen molar-refractivity contribution in [1.82, 2.24) is 4.90 Å². The van der Waals surface area contributed by atoms with Gasteiger partial charge in [0, 0.05) is 24.6 Å². The molecule has 1 aromatic rings. The number of carbonyl (C=O) groups is 1. The smallest absolute Gasteiger partial charge is 0.174 e. The second kappa shape index (κ2) is 4.82. The zero-order chi connectivity index (χ0) is 17.7. The molecule has 2 saturated carbocycles. The average Bonchev–Trinajstić information content (AvgIpc) is 3.37. The first-order valence-corrected chi connectivity index (χ1v) is 9.94. The van der Waals surface area contributed by atoms with Crippen molar-refractivity contribution in [3.8, 4) is 11.5 Å². The van der Waals surface area contributed by atoms with Gasteiger partial charge >= 0.3 is 0 Å². The number of ether oxygens (including phenoxy) is 2. The molecule has 5 aliphatic rings. The van der Waals surface area contributed by atoms with Gasteiger partial charge in [-0.3, -0.25) is 9.69 Å². The lowest BCUT2D eigenvalue weighted by Gasteiger charge is -2.62. The Labute approximate surface area is 153 Å². The fraction of sp³-hybridized carbons (Fsp3) is 0.667. The predicted octanol–water partition coefficient (Wildman–Crippen LogP) is 1.83. The molecule has 2 aliphatic heterocycles. The molecule has 3 aliphatic carbocycles. The SMILES string of the molecule is COc1ccc2c3c1O[C@@H]1C(=O)CCC4(O)[C@@H](C2)N(CC2CC2)CC[C@]314. The van der Waals surface area contributed by atoms with Crippen LogP contribution in [0.3, 0.4) is 0 Å². The maximum Gasteiger partial charge on any atom is 0.174 e. The van der Waals surface area contributed by atoms with Gasteiger partial charge in [-0.15, -0.1) is 0 Å².